The maximum absolute atomic E-state index is 8.77. The minimum Gasteiger partial charge on any atom is -0.192 e. The molecule has 2 aromatic rings. The molecule has 1 nitrogen and oxygen atoms in total. The number of halogens is 1. The minimum atomic E-state index is 0.475. The molecule has 0 aliphatic rings. The van der Waals surface area contributed by atoms with Gasteiger partial charge in [0.25, 0.3) is 0 Å². The molecule has 14 heavy (non-hydrogen) atoms. The molecule has 0 radical (unpaired) electrons. The fraction of sp³-hybridized carbons (Fsp3) is 0.100. The quantitative estimate of drug-likeness (QED) is 0.594. The number of thiol groups is 1. The van der Waals surface area contributed by atoms with E-state index in [1.54, 1.807) is 0 Å². The number of benzene rings is 1. The molecule has 1 aromatic carbocycles. The summed E-state index contributed by atoms with van der Waals surface area (Å²) >= 11 is 11.6. The molecule has 1 heterocycles. The van der Waals surface area contributed by atoms with Crippen molar-refractivity contribution in [2.75, 3.05) is 0 Å². The number of nitrogens with zero attached hydrogens (tertiary/aromatic N) is 1. The Balaban J connectivity index is 2.75. The lowest BCUT2D eigenvalue weighted by molar-refractivity contribution is 1.38. The zero-order valence-electron chi connectivity index (χ0n) is 7.12. The molecule has 0 bridgehead atoms. The average molecular weight is 240 g/mol. The molecule has 70 valence electrons. The second-order valence-electron chi connectivity index (χ2n) is 2.88. The molecule has 0 fully saturated rings. The van der Waals surface area contributed by atoms with Crippen molar-refractivity contribution < 1.29 is 0 Å². The molecule has 0 aliphatic heterocycles. The molecule has 2 rings (SSSR count). The number of hydrogen-bond acceptors (Lipinski definition) is 3. The third-order valence-electron chi connectivity index (χ3n) is 1.94. The summed E-state index contributed by atoms with van der Waals surface area (Å²) in [6.45, 7) is 0. The van der Waals surface area contributed by atoms with Gasteiger partial charge in [0.15, 0.2) is 0 Å². The van der Waals surface area contributed by atoms with Crippen molar-refractivity contribution in [2.24, 2.45) is 0 Å². The van der Waals surface area contributed by atoms with Crippen molar-refractivity contribution in [1.82, 2.24) is 0 Å². The van der Waals surface area contributed by atoms with Crippen LogP contribution in [-0.2, 0) is 5.88 Å². The molecule has 0 saturated heterocycles. The van der Waals surface area contributed by atoms with E-state index in [1.807, 2.05) is 18.2 Å². The summed E-state index contributed by atoms with van der Waals surface area (Å²) in [6, 6.07) is 7.94. The van der Waals surface area contributed by atoms with Crippen LogP contribution in [0.3, 0.4) is 0 Å². The highest BCUT2D eigenvalue weighted by Gasteiger charge is 2.05. The van der Waals surface area contributed by atoms with Crippen molar-refractivity contribution >= 4 is 45.7 Å². The summed E-state index contributed by atoms with van der Waals surface area (Å²) in [7, 11) is 0. The smallest absolute Gasteiger partial charge is 0.110 e. The van der Waals surface area contributed by atoms with Crippen molar-refractivity contribution in [3.63, 3.8) is 0 Å². The Bertz CT molecular complexity index is 525. The van der Waals surface area contributed by atoms with Gasteiger partial charge < -0.3 is 0 Å². The van der Waals surface area contributed by atoms with Crippen LogP contribution in [-0.4, -0.2) is 0 Å². The SMILES string of the molecule is N#Cc1cc2c(S)cc(CCl)cc2s1. The number of fused-ring (bicyclic) bond motifs is 1. The Morgan fingerprint density at radius 1 is 1.43 bits per heavy atom. The van der Waals surface area contributed by atoms with Crippen LogP contribution in [0.2, 0.25) is 0 Å². The lowest BCUT2D eigenvalue weighted by atomic mass is 10.2. The summed E-state index contributed by atoms with van der Waals surface area (Å²) in [5.74, 6) is 0.475. The monoisotopic (exact) mass is 239 g/mol. The molecule has 0 amide bonds. The highest BCUT2D eigenvalue weighted by atomic mass is 35.5. The van der Waals surface area contributed by atoms with Gasteiger partial charge in [-0.2, -0.15) is 5.26 Å². The van der Waals surface area contributed by atoms with Gasteiger partial charge in [-0.3, -0.25) is 0 Å². The number of alkyl halides is 1. The lowest BCUT2D eigenvalue weighted by Gasteiger charge is -1.98. The Kier molecular flexibility index (Phi) is 2.69. The van der Waals surface area contributed by atoms with Crippen LogP contribution in [0.5, 0.6) is 0 Å². The lowest BCUT2D eigenvalue weighted by Crippen LogP contribution is -1.77. The third kappa shape index (κ3) is 1.61. The summed E-state index contributed by atoms with van der Waals surface area (Å²) in [5.41, 5.74) is 1.04. The normalized spacial score (nSPS) is 10.4. The highest BCUT2D eigenvalue weighted by molar-refractivity contribution is 7.80. The summed E-state index contributed by atoms with van der Waals surface area (Å²) in [6.07, 6.45) is 0. The predicted molar refractivity (Wildman–Crippen MR) is 63.3 cm³/mol. The number of nitriles is 1. The molecule has 1 aromatic heterocycles. The van der Waals surface area contributed by atoms with Crippen LogP contribution in [0.25, 0.3) is 10.1 Å². The molecule has 0 saturated carbocycles. The van der Waals surface area contributed by atoms with Gasteiger partial charge in [0.2, 0.25) is 0 Å². The molecule has 0 unspecified atom stereocenters. The van der Waals surface area contributed by atoms with Crippen LogP contribution in [0.4, 0.5) is 0 Å². The van der Waals surface area contributed by atoms with Crippen LogP contribution in [0.15, 0.2) is 23.1 Å². The molecule has 0 N–H and O–H groups in total. The van der Waals surface area contributed by atoms with Gasteiger partial charge in [-0.15, -0.1) is 35.6 Å². The highest BCUT2D eigenvalue weighted by Crippen LogP contribution is 2.31. The van der Waals surface area contributed by atoms with E-state index in [2.05, 4.69) is 18.7 Å². The molecule has 4 heteroatoms. The summed E-state index contributed by atoms with van der Waals surface area (Å²) in [4.78, 5) is 1.60. The predicted octanol–water partition coefficient (Wildman–Crippen LogP) is 3.80. The van der Waals surface area contributed by atoms with Gasteiger partial charge in [0, 0.05) is 20.9 Å². The van der Waals surface area contributed by atoms with Crippen LogP contribution >= 0.6 is 35.6 Å². The first-order valence-corrected chi connectivity index (χ1v) is 5.76. The van der Waals surface area contributed by atoms with Crippen molar-refractivity contribution in [2.45, 2.75) is 10.8 Å². The second kappa shape index (κ2) is 3.82. The maximum Gasteiger partial charge on any atom is 0.110 e. The molecular weight excluding hydrogens is 234 g/mol. The Hall–Kier alpha value is -0.690. The first-order valence-electron chi connectivity index (χ1n) is 3.96. The zero-order chi connectivity index (χ0) is 10.1. The zero-order valence-corrected chi connectivity index (χ0v) is 9.59. The molecular formula is C10H6ClNS2. The average Bonchev–Trinajstić information content (AvgIpc) is 2.61. The minimum absolute atomic E-state index is 0.475. The molecule has 0 spiro atoms. The summed E-state index contributed by atoms with van der Waals surface area (Å²) < 4.78 is 1.07. The number of thiophene rings is 1. The van der Waals surface area contributed by atoms with Crippen LogP contribution in [0, 0.1) is 11.3 Å². The van der Waals surface area contributed by atoms with E-state index in [9.17, 15) is 0 Å². The van der Waals surface area contributed by atoms with Gasteiger partial charge >= 0.3 is 0 Å². The van der Waals surface area contributed by atoms with Crippen molar-refractivity contribution in [3.05, 3.63) is 28.6 Å². The molecule has 0 aliphatic carbocycles. The number of rotatable bonds is 1. The Morgan fingerprint density at radius 2 is 2.21 bits per heavy atom. The fourth-order valence-electron chi connectivity index (χ4n) is 1.31. The van der Waals surface area contributed by atoms with Gasteiger partial charge in [-0.25, -0.2) is 0 Å². The second-order valence-corrected chi connectivity index (χ2v) is 4.72. The van der Waals surface area contributed by atoms with Gasteiger partial charge in [-0.1, -0.05) is 0 Å². The van der Waals surface area contributed by atoms with Gasteiger partial charge in [0.05, 0.1) is 0 Å². The number of hydrogen-bond donors (Lipinski definition) is 1. The van der Waals surface area contributed by atoms with E-state index in [4.69, 9.17) is 16.9 Å². The standard InChI is InChI=1S/C10H6ClNS2/c11-4-6-1-9(13)8-3-7(5-12)14-10(8)2-6/h1-3,13H,4H2. The first kappa shape index (κ1) is 9.85. The van der Waals surface area contributed by atoms with Crippen LogP contribution in [0.1, 0.15) is 10.4 Å². The van der Waals surface area contributed by atoms with E-state index in [1.165, 1.54) is 11.3 Å². The van der Waals surface area contributed by atoms with Gasteiger partial charge in [0.1, 0.15) is 10.9 Å². The maximum atomic E-state index is 8.77. The van der Waals surface area contributed by atoms with Gasteiger partial charge in [-0.05, 0) is 23.8 Å². The third-order valence-corrected chi connectivity index (χ3v) is 3.61. The largest absolute Gasteiger partial charge is 0.192 e. The van der Waals surface area contributed by atoms with E-state index in [-0.39, 0.29) is 0 Å². The fourth-order valence-corrected chi connectivity index (χ4v) is 2.84. The molecule has 0 atom stereocenters. The Morgan fingerprint density at radius 3 is 2.86 bits per heavy atom. The summed E-state index contributed by atoms with van der Waals surface area (Å²) in [5, 5.41) is 9.80. The topological polar surface area (TPSA) is 23.8 Å². The Labute approximate surface area is 96.3 Å². The van der Waals surface area contributed by atoms with E-state index < -0.39 is 0 Å². The van der Waals surface area contributed by atoms with E-state index in [0.717, 1.165) is 20.5 Å². The first-order chi connectivity index (χ1) is 6.74. The van der Waals surface area contributed by atoms with E-state index >= 15 is 0 Å². The van der Waals surface area contributed by atoms with E-state index in [0.29, 0.717) is 10.8 Å². The van der Waals surface area contributed by atoms with Crippen LogP contribution < -0.4 is 0 Å². The van der Waals surface area contributed by atoms with Crippen molar-refractivity contribution in [1.29, 1.82) is 5.26 Å². The van der Waals surface area contributed by atoms with Crippen molar-refractivity contribution in [3.8, 4) is 6.07 Å².